The van der Waals surface area contributed by atoms with E-state index in [0.29, 0.717) is 0 Å². The summed E-state index contributed by atoms with van der Waals surface area (Å²) in [5.41, 5.74) is 4.79. The molecule has 3 rings (SSSR count). The molecule has 0 bridgehead atoms. The van der Waals surface area contributed by atoms with Gasteiger partial charge in [-0.1, -0.05) is 19.9 Å². The zero-order valence-electron chi connectivity index (χ0n) is 15.3. The number of amides is 4. The second kappa shape index (κ2) is 8.26. The smallest absolute Gasteiger partial charge is 0.320 e. The van der Waals surface area contributed by atoms with E-state index in [1.165, 1.54) is 12.1 Å². The fourth-order valence-electron chi connectivity index (χ4n) is 2.76. The van der Waals surface area contributed by atoms with Crippen LogP contribution in [0, 0.1) is 11.7 Å². The van der Waals surface area contributed by atoms with Crippen molar-refractivity contribution in [2.24, 2.45) is 11.7 Å². The normalized spacial score (nSPS) is 19.8. The molecular weight excluding hydrogens is 373 g/mol. The maximum absolute atomic E-state index is 13.7. The zero-order chi connectivity index (χ0) is 21.2. The average molecular weight is 393 g/mol. The number of imide groups is 2. The van der Waals surface area contributed by atoms with E-state index in [9.17, 15) is 28.4 Å². The first-order chi connectivity index (χ1) is 13.1. The van der Waals surface area contributed by atoms with Crippen LogP contribution in [0.25, 0.3) is 0 Å². The van der Waals surface area contributed by atoms with Crippen molar-refractivity contribution in [3.63, 3.8) is 0 Å². The second-order valence-electron chi connectivity index (χ2n) is 6.72. The summed E-state index contributed by atoms with van der Waals surface area (Å²) in [5.74, 6) is -4.41. The van der Waals surface area contributed by atoms with Gasteiger partial charge in [0.25, 0.3) is 11.8 Å². The molecule has 0 saturated carbocycles. The number of carboxylic acids is 1. The standard InChI is InChI=1S/C13H9FN2O4.C5H11NO2/c14-7-3-1-2-6-10(7)13(20)16(12(6)19)8-4-5-9(17)15-11(8)18;1-3(2)4(6)5(7)8/h1-3,8H,4-5H2,(H,15,17,18);3-4H,6H2,1-2H3,(H,7,8)/t;4-/m.0/s1. The molecule has 1 aromatic rings. The quantitative estimate of drug-likeness (QED) is 0.625. The maximum Gasteiger partial charge on any atom is 0.320 e. The number of rotatable bonds is 3. The van der Waals surface area contributed by atoms with Crippen LogP contribution in [0.3, 0.4) is 0 Å². The molecule has 2 heterocycles. The molecule has 1 saturated heterocycles. The van der Waals surface area contributed by atoms with E-state index in [1.807, 2.05) is 0 Å². The summed E-state index contributed by atoms with van der Waals surface area (Å²) in [6.07, 6.45) is 0.0873. The molecule has 0 aliphatic carbocycles. The summed E-state index contributed by atoms with van der Waals surface area (Å²) in [4.78, 5) is 57.9. The predicted molar refractivity (Wildman–Crippen MR) is 93.5 cm³/mol. The third-order valence-corrected chi connectivity index (χ3v) is 4.42. The number of aliphatic carboxylic acids is 1. The summed E-state index contributed by atoms with van der Waals surface area (Å²) >= 11 is 0. The highest BCUT2D eigenvalue weighted by molar-refractivity contribution is 6.23. The second-order valence-corrected chi connectivity index (χ2v) is 6.72. The van der Waals surface area contributed by atoms with Crippen molar-refractivity contribution in [2.45, 2.75) is 38.8 Å². The van der Waals surface area contributed by atoms with E-state index in [-0.39, 0.29) is 29.9 Å². The van der Waals surface area contributed by atoms with Crippen LogP contribution in [0.2, 0.25) is 0 Å². The van der Waals surface area contributed by atoms with E-state index in [0.717, 1.165) is 11.0 Å². The fraction of sp³-hybridized carbons (Fsp3) is 0.389. The molecule has 9 nitrogen and oxygen atoms in total. The summed E-state index contributed by atoms with van der Waals surface area (Å²) in [6, 6.07) is 1.96. The first kappa shape index (κ1) is 21.2. The van der Waals surface area contributed by atoms with Gasteiger partial charge in [-0.2, -0.15) is 0 Å². The number of carbonyl (C=O) groups is 5. The molecule has 0 aromatic heterocycles. The van der Waals surface area contributed by atoms with E-state index < -0.39 is 47.5 Å². The predicted octanol–water partition coefficient (Wildman–Crippen LogP) is 0.281. The number of fused-ring (bicyclic) bond motifs is 1. The van der Waals surface area contributed by atoms with Crippen molar-refractivity contribution in [2.75, 3.05) is 0 Å². The minimum absolute atomic E-state index is 0.0208. The summed E-state index contributed by atoms with van der Waals surface area (Å²) in [7, 11) is 0. The first-order valence-corrected chi connectivity index (χ1v) is 8.54. The molecule has 150 valence electrons. The summed E-state index contributed by atoms with van der Waals surface area (Å²) in [5, 5.41) is 10.3. The molecule has 4 amide bonds. The van der Waals surface area contributed by atoms with Crippen molar-refractivity contribution in [3.05, 3.63) is 35.1 Å². The van der Waals surface area contributed by atoms with Gasteiger partial charge in [-0.05, 0) is 24.5 Å². The fourth-order valence-corrected chi connectivity index (χ4v) is 2.76. The first-order valence-electron chi connectivity index (χ1n) is 8.54. The van der Waals surface area contributed by atoms with Crippen molar-refractivity contribution < 1.29 is 33.5 Å². The van der Waals surface area contributed by atoms with Gasteiger partial charge in [0.15, 0.2) is 0 Å². The van der Waals surface area contributed by atoms with Crippen LogP contribution in [0.4, 0.5) is 4.39 Å². The summed E-state index contributed by atoms with van der Waals surface area (Å²) in [6.45, 7) is 3.55. The van der Waals surface area contributed by atoms with Gasteiger partial charge in [-0.3, -0.25) is 34.2 Å². The third-order valence-electron chi connectivity index (χ3n) is 4.42. The van der Waals surface area contributed by atoms with Crippen LogP contribution in [0.1, 0.15) is 47.4 Å². The lowest BCUT2D eigenvalue weighted by atomic mass is 10.0. The van der Waals surface area contributed by atoms with Gasteiger partial charge in [0, 0.05) is 6.42 Å². The van der Waals surface area contributed by atoms with E-state index >= 15 is 0 Å². The largest absolute Gasteiger partial charge is 0.480 e. The number of nitrogens with zero attached hydrogens (tertiary/aromatic N) is 1. The minimum Gasteiger partial charge on any atom is -0.480 e. The van der Waals surface area contributed by atoms with E-state index in [1.54, 1.807) is 13.8 Å². The number of nitrogens with two attached hydrogens (primary N) is 1. The maximum atomic E-state index is 13.7. The molecule has 0 spiro atoms. The lowest BCUT2D eigenvalue weighted by Crippen LogP contribution is -2.54. The molecule has 10 heteroatoms. The van der Waals surface area contributed by atoms with Crippen LogP contribution in [0.15, 0.2) is 18.2 Å². The molecule has 1 unspecified atom stereocenters. The van der Waals surface area contributed by atoms with Crippen LogP contribution in [-0.4, -0.2) is 51.7 Å². The number of nitrogens with one attached hydrogen (secondary N) is 1. The monoisotopic (exact) mass is 393 g/mol. The number of hydrogen-bond acceptors (Lipinski definition) is 6. The van der Waals surface area contributed by atoms with Crippen molar-refractivity contribution >= 4 is 29.6 Å². The Morgan fingerprint density at radius 1 is 1.25 bits per heavy atom. The highest BCUT2D eigenvalue weighted by Gasteiger charge is 2.45. The number of piperidine rings is 1. The SMILES string of the molecule is CC(C)[C@H](N)C(=O)O.O=C1CCC(N2C(=O)c3cccc(F)c3C2=O)C(=O)N1. The Labute approximate surface area is 159 Å². The number of carboxylic acid groups (broad SMARTS) is 1. The van der Waals surface area contributed by atoms with E-state index in [4.69, 9.17) is 10.8 Å². The molecule has 4 N–H and O–H groups in total. The van der Waals surface area contributed by atoms with Crippen LogP contribution < -0.4 is 11.1 Å². The highest BCUT2D eigenvalue weighted by Crippen LogP contribution is 2.28. The van der Waals surface area contributed by atoms with Crippen LogP contribution in [-0.2, 0) is 14.4 Å². The average Bonchev–Trinajstić information content (AvgIpc) is 2.87. The highest BCUT2D eigenvalue weighted by atomic mass is 19.1. The van der Waals surface area contributed by atoms with Gasteiger partial charge in [0.2, 0.25) is 11.8 Å². The number of hydrogen-bond donors (Lipinski definition) is 3. The van der Waals surface area contributed by atoms with Crippen LogP contribution in [0.5, 0.6) is 0 Å². The van der Waals surface area contributed by atoms with E-state index in [2.05, 4.69) is 5.32 Å². The Hall–Kier alpha value is -3.14. The van der Waals surface area contributed by atoms with Gasteiger partial charge in [-0.25, -0.2) is 4.39 Å². The molecule has 1 aromatic carbocycles. The van der Waals surface area contributed by atoms with Gasteiger partial charge in [0.1, 0.15) is 17.9 Å². The Balaban J connectivity index is 0.000000300. The van der Waals surface area contributed by atoms with Crippen LogP contribution >= 0.6 is 0 Å². The molecule has 1 fully saturated rings. The topological polar surface area (TPSA) is 147 Å². The molecule has 2 atom stereocenters. The molecule has 2 aliphatic rings. The molecule has 0 radical (unpaired) electrons. The minimum atomic E-state index is -1.07. The van der Waals surface area contributed by atoms with Crippen molar-refractivity contribution in [3.8, 4) is 0 Å². The zero-order valence-corrected chi connectivity index (χ0v) is 15.3. The Morgan fingerprint density at radius 3 is 2.36 bits per heavy atom. The lowest BCUT2D eigenvalue weighted by molar-refractivity contribution is -0.139. The number of halogens is 1. The van der Waals surface area contributed by atoms with Crippen molar-refractivity contribution in [1.82, 2.24) is 10.2 Å². The summed E-state index contributed by atoms with van der Waals surface area (Å²) < 4.78 is 13.7. The molecular formula is C18H20FN3O6. The Morgan fingerprint density at radius 2 is 1.89 bits per heavy atom. The van der Waals surface area contributed by atoms with Gasteiger partial charge in [-0.15, -0.1) is 0 Å². The number of benzene rings is 1. The molecule has 2 aliphatic heterocycles. The lowest BCUT2D eigenvalue weighted by Gasteiger charge is -2.27. The molecule has 28 heavy (non-hydrogen) atoms. The van der Waals surface area contributed by atoms with Crippen molar-refractivity contribution in [1.29, 1.82) is 0 Å². The van der Waals surface area contributed by atoms with Gasteiger partial charge < -0.3 is 10.8 Å². The van der Waals surface area contributed by atoms with Gasteiger partial charge in [0.05, 0.1) is 11.1 Å². The number of carbonyl (C=O) groups excluding carboxylic acids is 4. The Bertz CT molecular complexity index is 854. The van der Waals surface area contributed by atoms with Gasteiger partial charge >= 0.3 is 5.97 Å². The third kappa shape index (κ3) is 4.06. The Kier molecular flexibility index (Phi) is 6.24.